The van der Waals surface area contributed by atoms with E-state index in [9.17, 15) is 14.4 Å². The van der Waals surface area contributed by atoms with E-state index in [2.05, 4.69) is 10.6 Å². The van der Waals surface area contributed by atoms with Gasteiger partial charge in [0, 0.05) is 5.69 Å². The Balaban J connectivity index is 1.69. The summed E-state index contributed by atoms with van der Waals surface area (Å²) in [5.74, 6) is -0.613. The van der Waals surface area contributed by atoms with E-state index >= 15 is 0 Å². The van der Waals surface area contributed by atoms with Gasteiger partial charge >= 0.3 is 5.97 Å². The summed E-state index contributed by atoms with van der Waals surface area (Å²) in [6.07, 6.45) is 0.895. The Hall–Kier alpha value is -3.35. The molecule has 0 radical (unpaired) electrons. The maximum Gasteiger partial charge on any atom is 0.340 e. The molecular formula is C22H24N2O5. The lowest BCUT2D eigenvalue weighted by Gasteiger charge is -2.17. The van der Waals surface area contributed by atoms with Gasteiger partial charge in [0.05, 0.1) is 24.5 Å². The van der Waals surface area contributed by atoms with Crippen molar-refractivity contribution in [3.63, 3.8) is 0 Å². The third-order valence-electron chi connectivity index (χ3n) is 4.71. The monoisotopic (exact) mass is 396 g/mol. The molecule has 2 aromatic rings. The van der Waals surface area contributed by atoms with Gasteiger partial charge in [-0.2, -0.15) is 0 Å². The highest BCUT2D eigenvalue weighted by Gasteiger charge is 2.56. The Bertz CT molecular complexity index is 904. The largest absolute Gasteiger partial charge is 0.494 e. The minimum Gasteiger partial charge on any atom is -0.494 e. The molecule has 0 atom stereocenters. The molecule has 7 nitrogen and oxygen atoms in total. The normalized spacial score (nSPS) is 13.9. The molecule has 0 unspecified atom stereocenters. The standard InChI is InChI=1S/C22H24N2O5/c1-3-28-16-11-9-15(10-12-16)23-20(26)22(13-14-22)21(27)24-18-8-6-5-7-17(18)19(25)29-4-2/h5-12H,3-4,13-14H2,1-2H3,(H,23,26)(H,24,27). The van der Waals surface area contributed by atoms with Gasteiger partial charge in [-0.3, -0.25) is 9.59 Å². The lowest BCUT2D eigenvalue weighted by Crippen LogP contribution is -2.36. The second-order valence-electron chi connectivity index (χ2n) is 6.71. The second-order valence-corrected chi connectivity index (χ2v) is 6.71. The summed E-state index contributed by atoms with van der Waals surface area (Å²) in [7, 11) is 0. The average molecular weight is 396 g/mol. The summed E-state index contributed by atoms with van der Waals surface area (Å²) in [6.45, 7) is 4.40. The molecule has 0 bridgehead atoms. The summed E-state index contributed by atoms with van der Waals surface area (Å²) >= 11 is 0. The molecular weight excluding hydrogens is 372 g/mol. The zero-order valence-electron chi connectivity index (χ0n) is 16.5. The number of rotatable bonds is 8. The fraction of sp³-hybridized carbons (Fsp3) is 0.318. The Morgan fingerprint density at radius 2 is 1.55 bits per heavy atom. The molecule has 1 aliphatic rings. The number of hydrogen-bond donors (Lipinski definition) is 2. The van der Waals surface area contributed by atoms with Crippen molar-refractivity contribution in [1.82, 2.24) is 0 Å². The highest BCUT2D eigenvalue weighted by Crippen LogP contribution is 2.47. The summed E-state index contributed by atoms with van der Waals surface area (Å²) in [6, 6.07) is 13.6. The maximum atomic E-state index is 12.9. The number of anilines is 2. The molecule has 0 saturated heterocycles. The first-order chi connectivity index (χ1) is 14.0. The number of carbonyl (C=O) groups is 3. The van der Waals surface area contributed by atoms with Crippen molar-refractivity contribution in [2.75, 3.05) is 23.8 Å². The van der Waals surface area contributed by atoms with Crippen LogP contribution in [-0.4, -0.2) is 31.0 Å². The molecule has 29 heavy (non-hydrogen) atoms. The number of benzene rings is 2. The van der Waals surface area contributed by atoms with E-state index in [-0.39, 0.29) is 18.1 Å². The molecule has 152 valence electrons. The Labute approximate surface area is 169 Å². The van der Waals surface area contributed by atoms with Gasteiger partial charge in [-0.15, -0.1) is 0 Å². The number of nitrogens with one attached hydrogen (secondary N) is 2. The Kier molecular flexibility index (Phi) is 6.16. The van der Waals surface area contributed by atoms with Crippen LogP contribution in [0.3, 0.4) is 0 Å². The first-order valence-electron chi connectivity index (χ1n) is 9.62. The summed E-state index contributed by atoms with van der Waals surface area (Å²) < 4.78 is 10.4. The van der Waals surface area contributed by atoms with Crippen LogP contribution in [0.1, 0.15) is 37.0 Å². The van der Waals surface area contributed by atoms with Crippen LogP contribution in [0.2, 0.25) is 0 Å². The summed E-state index contributed by atoms with van der Waals surface area (Å²) in [5.41, 5.74) is 0.0337. The molecule has 1 fully saturated rings. The fourth-order valence-electron chi connectivity index (χ4n) is 2.96. The first kappa shape index (κ1) is 20.4. The van der Waals surface area contributed by atoms with Crippen LogP contribution in [-0.2, 0) is 14.3 Å². The zero-order chi connectivity index (χ0) is 20.9. The number of para-hydroxylation sites is 1. The van der Waals surface area contributed by atoms with Crippen molar-refractivity contribution in [3.05, 3.63) is 54.1 Å². The van der Waals surface area contributed by atoms with Crippen LogP contribution in [0, 0.1) is 5.41 Å². The van der Waals surface area contributed by atoms with Crippen molar-refractivity contribution in [1.29, 1.82) is 0 Å². The van der Waals surface area contributed by atoms with Gasteiger partial charge in [-0.1, -0.05) is 12.1 Å². The molecule has 0 spiro atoms. The van der Waals surface area contributed by atoms with Gasteiger partial charge in [0.1, 0.15) is 11.2 Å². The number of amides is 2. The first-order valence-corrected chi connectivity index (χ1v) is 9.62. The molecule has 7 heteroatoms. The Morgan fingerprint density at radius 1 is 0.897 bits per heavy atom. The molecule has 2 amide bonds. The van der Waals surface area contributed by atoms with Gasteiger partial charge in [0.15, 0.2) is 0 Å². The highest BCUT2D eigenvalue weighted by molar-refractivity contribution is 6.17. The Morgan fingerprint density at radius 3 is 2.17 bits per heavy atom. The lowest BCUT2D eigenvalue weighted by atomic mass is 10.0. The second kappa shape index (κ2) is 8.77. The third kappa shape index (κ3) is 4.56. The molecule has 2 N–H and O–H groups in total. The van der Waals surface area contributed by atoms with Gasteiger partial charge in [-0.05, 0) is 63.1 Å². The number of carbonyl (C=O) groups excluding carboxylic acids is 3. The van der Waals surface area contributed by atoms with Crippen LogP contribution >= 0.6 is 0 Å². The van der Waals surface area contributed by atoms with Crippen molar-refractivity contribution < 1.29 is 23.9 Å². The van der Waals surface area contributed by atoms with Gasteiger partial charge in [0.25, 0.3) is 0 Å². The van der Waals surface area contributed by atoms with Crippen molar-refractivity contribution in [2.45, 2.75) is 26.7 Å². The van der Waals surface area contributed by atoms with E-state index in [0.29, 0.717) is 36.6 Å². The minimum absolute atomic E-state index is 0.232. The van der Waals surface area contributed by atoms with Crippen LogP contribution < -0.4 is 15.4 Å². The highest BCUT2D eigenvalue weighted by atomic mass is 16.5. The van der Waals surface area contributed by atoms with Gasteiger partial charge in [-0.25, -0.2) is 4.79 Å². The van der Waals surface area contributed by atoms with E-state index in [0.717, 1.165) is 0 Å². The lowest BCUT2D eigenvalue weighted by molar-refractivity contribution is -0.131. The van der Waals surface area contributed by atoms with Crippen molar-refractivity contribution >= 4 is 29.2 Å². The van der Waals surface area contributed by atoms with E-state index in [1.807, 2.05) is 6.92 Å². The fourth-order valence-corrected chi connectivity index (χ4v) is 2.96. The van der Waals surface area contributed by atoms with E-state index in [1.54, 1.807) is 55.5 Å². The number of ether oxygens (including phenoxy) is 2. The topological polar surface area (TPSA) is 93.7 Å². The molecule has 3 rings (SSSR count). The predicted molar refractivity (Wildman–Crippen MR) is 109 cm³/mol. The van der Waals surface area contributed by atoms with Crippen LogP contribution in [0.5, 0.6) is 5.75 Å². The van der Waals surface area contributed by atoms with Gasteiger partial charge in [0.2, 0.25) is 11.8 Å². The molecule has 0 heterocycles. The zero-order valence-corrected chi connectivity index (χ0v) is 16.5. The summed E-state index contributed by atoms with van der Waals surface area (Å²) in [4.78, 5) is 37.7. The van der Waals surface area contributed by atoms with E-state index < -0.39 is 17.3 Å². The quantitative estimate of drug-likeness (QED) is 0.525. The third-order valence-corrected chi connectivity index (χ3v) is 4.71. The summed E-state index contributed by atoms with van der Waals surface area (Å²) in [5, 5.41) is 5.52. The van der Waals surface area contributed by atoms with Crippen LogP contribution in [0.15, 0.2) is 48.5 Å². The van der Waals surface area contributed by atoms with Crippen LogP contribution in [0.4, 0.5) is 11.4 Å². The number of hydrogen-bond acceptors (Lipinski definition) is 5. The molecule has 2 aromatic carbocycles. The van der Waals surface area contributed by atoms with E-state index in [4.69, 9.17) is 9.47 Å². The smallest absolute Gasteiger partial charge is 0.340 e. The van der Waals surface area contributed by atoms with Crippen LogP contribution in [0.25, 0.3) is 0 Å². The minimum atomic E-state index is -1.14. The predicted octanol–water partition coefficient (Wildman–Crippen LogP) is 3.62. The van der Waals surface area contributed by atoms with Crippen molar-refractivity contribution in [2.24, 2.45) is 5.41 Å². The molecule has 0 aromatic heterocycles. The average Bonchev–Trinajstić information content (AvgIpc) is 3.52. The SMILES string of the molecule is CCOC(=O)c1ccccc1NC(=O)C1(C(=O)Nc2ccc(OCC)cc2)CC1. The van der Waals surface area contributed by atoms with E-state index in [1.165, 1.54) is 0 Å². The molecule has 0 aliphatic heterocycles. The maximum absolute atomic E-state index is 12.9. The van der Waals surface area contributed by atoms with Crippen molar-refractivity contribution in [3.8, 4) is 5.75 Å². The van der Waals surface area contributed by atoms with Gasteiger partial charge < -0.3 is 20.1 Å². The number of esters is 1. The molecule has 1 saturated carbocycles. The molecule has 1 aliphatic carbocycles.